The number of anilines is 1. The number of pyridine rings is 1. The molecular formula is C18H24N4O2. The number of aryl methyl sites for hydroxylation is 1. The van der Waals surface area contributed by atoms with Crippen molar-refractivity contribution in [2.45, 2.75) is 32.1 Å². The molecule has 1 aliphatic carbocycles. The van der Waals surface area contributed by atoms with Crippen LogP contribution in [0.15, 0.2) is 24.3 Å². The molecule has 0 fully saturated rings. The normalized spacial score (nSPS) is 13.5. The summed E-state index contributed by atoms with van der Waals surface area (Å²) in [6, 6.07) is 8.28. The molecular weight excluding hydrogens is 304 g/mol. The smallest absolute Gasteiger partial charge is 0.244 e. The van der Waals surface area contributed by atoms with Crippen LogP contribution in [0.4, 0.5) is 5.69 Å². The fourth-order valence-electron chi connectivity index (χ4n) is 3.23. The molecule has 0 radical (unpaired) electrons. The first-order valence-electron chi connectivity index (χ1n) is 8.57. The van der Waals surface area contributed by atoms with Gasteiger partial charge in [0.2, 0.25) is 5.91 Å². The molecule has 1 amide bonds. The lowest BCUT2D eigenvalue weighted by molar-refractivity contribution is -0.129. The van der Waals surface area contributed by atoms with Crippen molar-refractivity contribution in [3.05, 3.63) is 35.5 Å². The van der Waals surface area contributed by atoms with Gasteiger partial charge in [0.05, 0.1) is 5.52 Å². The Kier molecular flexibility index (Phi) is 5.61. The van der Waals surface area contributed by atoms with Gasteiger partial charge in [-0.15, -0.1) is 0 Å². The summed E-state index contributed by atoms with van der Waals surface area (Å²) in [6.07, 6.45) is 4.84. The third kappa shape index (κ3) is 3.83. The van der Waals surface area contributed by atoms with Crippen molar-refractivity contribution in [2.24, 2.45) is 0 Å². The molecule has 0 saturated carbocycles. The Bertz CT molecular complexity index is 717. The van der Waals surface area contributed by atoms with Crippen molar-refractivity contribution >= 4 is 22.5 Å². The van der Waals surface area contributed by atoms with Gasteiger partial charge in [0.1, 0.15) is 0 Å². The lowest BCUT2D eigenvalue weighted by Gasteiger charge is -2.21. The average molecular weight is 328 g/mol. The number of carbonyl (C=O) groups excluding carboxylic acids is 1. The summed E-state index contributed by atoms with van der Waals surface area (Å²) in [7, 11) is 0. The van der Waals surface area contributed by atoms with Crippen LogP contribution in [-0.4, -0.2) is 35.7 Å². The standard InChI is InChI=1S/C18H24N4O2/c23-17(22-24)9-10-19-11-12-20-18-13-5-1-3-7-15(13)21-16-8-4-2-6-14(16)18/h1,3,5,7,19,24H,2,4,6,8-12H2,(H,20,21)(H,22,23). The minimum absolute atomic E-state index is 0.268. The highest BCUT2D eigenvalue weighted by Gasteiger charge is 2.17. The lowest BCUT2D eigenvalue weighted by Crippen LogP contribution is -2.28. The molecule has 1 aliphatic rings. The number of para-hydroxylation sites is 1. The number of aromatic nitrogens is 1. The second-order valence-corrected chi connectivity index (χ2v) is 6.10. The topological polar surface area (TPSA) is 86.3 Å². The van der Waals surface area contributed by atoms with Crippen LogP contribution in [-0.2, 0) is 17.6 Å². The summed E-state index contributed by atoms with van der Waals surface area (Å²) in [6.45, 7) is 2.08. The van der Waals surface area contributed by atoms with Gasteiger partial charge in [0, 0.05) is 42.8 Å². The molecule has 0 unspecified atom stereocenters. The molecule has 1 aromatic heterocycles. The van der Waals surface area contributed by atoms with Crippen molar-refractivity contribution in [2.75, 3.05) is 25.0 Å². The minimum Gasteiger partial charge on any atom is -0.383 e. The van der Waals surface area contributed by atoms with Crippen LogP contribution in [0.25, 0.3) is 10.9 Å². The third-order valence-electron chi connectivity index (χ3n) is 4.43. The molecule has 0 spiro atoms. The van der Waals surface area contributed by atoms with Crippen molar-refractivity contribution in [3.8, 4) is 0 Å². The molecule has 6 heteroatoms. The van der Waals surface area contributed by atoms with E-state index in [0.717, 1.165) is 31.4 Å². The summed E-state index contributed by atoms with van der Waals surface area (Å²) in [5.74, 6) is -0.371. The zero-order valence-electron chi connectivity index (χ0n) is 13.8. The monoisotopic (exact) mass is 328 g/mol. The number of hydroxylamine groups is 1. The molecule has 0 saturated heterocycles. The maximum Gasteiger partial charge on any atom is 0.244 e. The highest BCUT2D eigenvalue weighted by atomic mass is 16.5. The molecule has 0 aliphatic heterocycles. The molecule has 4 N–H and O–H groups in total. The van der Waals surface area contributed by atoms with Gasteiger partial charge in [0.15, 0.2) is 0 Å². The van der Waals surface area contributed by atoms with E-state index in [1.165, 1.54) is 35.2 Å². The first kappa shape index (κ1) is 16.7. The quantitative estimate of drug-likeness (QED) is 0.355. The number of hydrogen-bond donors (Lipinski definition) is 4. The number of hydrogen-bond acceptors (Lipinski definition) is 5. The highest BCUT2D eigenvalue weighted by Crippen LogP contribution is 2.32. The van der Waals surface area contributed by atoms with Crippen molar-refractivity contribution in [3.63, 3.8) is 0 Å². The van der Waals surface area contributed by atoms with Crippen molar-refractivity contribution in [1.82, 2.24) is 15.8 Å². The number of rotatable bonds is 7. The fourth-order valence-corrected chi connectivity index (χ4v) is 3.23. The summed E-state index contributed by atoms with van der Waals surface area (Å²) in [4.78, 5) is 15.8. The number of benzene rings is 1. The molecule has 1 heterocycles. The predicted octanol–water partition coefficient (Wildman–Crippen LogP) is 2.01. The van der Waals surface area contributed by atoms with Gasteiger partial charge in [-0.25, -0.2) is 5.48 Å². The SMILES string of the molecule is O=C(CCNCCNc1c2c(nc3ccccc13)CCCC2)NO. The fraction of sp³-hybridized carbons (Fsp3) is 0.444. The Balaban J connectivity index is 1.66. The molecule has 1 aromatic carbocycles. The summed E-state index contributed by atoms with van der Waals surface area (Å²) in [5, 5.41) is 16.4. The average Bonchev–Trinajstić information content (AvgIpc) is 2.63. The van der Waals surface area contributed by atoms with E-state index >= 15 is 0 Å². The van der Waals surface area contributed by atoms with Gasteiger partial charge in [-0.2, -0.15) is 0 Å². The Morgan fingerprint density at radius 1 is 1.12 bits per heavy atom. The van der Waals surface area contributed by atoms with Gasteiger partial charge in [-0.3, -0.25) is 15.0 Å². The van der Waals surface area contributed by atoms with E-state index in [0.29, 0.717) is 6.54 Å². The Morgan fingerprint density at radius 3 is 2.83 bits per heavy atom. The van der Waals surface area contributed by atoms with E-state index in [1.54, 1.807) is 5.48 Å². The van der Waals surface area contributed by atoms with Crippen LogP contribution < -0.4 is 16.1 Å². The number of fused-ring (bicyclic) bond motifs is 2. The van der Waals surface area contributed by atoms with E-state index < -0.39 is 0 Å². The second-order valence-electron chi connectivity index (χ2n) is 6.10. The molecule has 6 nitrogen and oxygen atoms in total. The first-order valence-corrected chi connectivity index (χ1v) is 8.57. The van der Waals surface area contributed by atoms with Gasteiger partial charge < -0.3 is 10.6 Å². The van der Waals surface area contributed by atoms with Gasteiger partial charge >= 0.3 is 0 Å². The molecule has 0 bridgehead atoms. The molecule has 3 rings (SSSR count). The van der Waals surface area contributed by atoms with E-state index in [-0.39, 0.29) is 12.3 Å². The van der Waals surface area contributed by atoms with Crippen LogP contribution in [0.2, 0.25) is 0 Å². The Labute approximate surface area is 141 Å². The summed E-state index contributed by atoms with van der Waals surface area (Å²) >= 11 is 0. The van der Waals surface area contributed by atoms with Crippen LogP contribution in [0.3, 0.4) is 0 Å². The second kappa shape index (κ2) is 8.08. The molecule has 2 aromatic rings. The maximum absolute atomic E-state index is 10.9. The number of nitrogens with one attached hydrogen (secondary N) is 3. The number of amides is 1. The summed E-state index contributed by atoms with van der Waals surface area (Å²) in [5.41, 5.74) is 6.49. The van der Waals surface area contributed by atoms with E-state index in [1.807, 2.05) is 6.07 Å². The van der Waals surface area contributed by atoms with E-state index in [2.05, 4.69) is 28.8 Å². The Hall–Kier alpha value is -2.18. The third-order valence-corrected chi connectivity index (χ3v) is 4.43. The highest BCUT2D eigenvalue weighted by molar-refractivity contribution is 5.93. The molecule has 128 valence electrons. The summed E-state index contributed by atoms with van der Waals surface area (Å²) < 4.78 is 0. The van der Waals surface area contributed by atoms with E-state index in [9.17, 15) is 4.79 Å². The zero-order chi connectivity index (χ0) is 16.8. The Morgan fingerprint density at radius 2 is 1.96 bits per heavy atom. The first-order chi connectivity index (χ1) is 11.8. The van der Waals surface area contributed by atoms with Crippen molar-refractivity contribution in [1.29, 1.82) is 0 Å². The lowest BCUT2D eigenvalue weighted by atomic mass is 9.92. The van der Waals surface area contributed by atoms with Crippen molar-refractivity contribution < 1.29 is 10.0 Å². The largest absolute Gasteiger partial charge is 0.383 e. The predicted molar refractivity (Wildman–Crippen MR) is 94.3 cm³/mol. The minimum atomic E-state index is -0.371. The number of carbonyl (C=O) groups is 1. The van der Waals surface area contributed by atoms with Crippen LogP contribution in [0, 0.1) is 0 Å². The van der Waals surface area contributed by atoms with Crippen LogP contribution in [0.1, 0.15) is 30.5 Å². The van der Waals surface area contributed by atoms with E-state index in [4.69, 9.17) is 10.2 Å². The number of nitrogens with zero attached hydrogens (tertiary/aromatic N) is 1. The van der Waals surface area contributed by atoms with Crippen LogP contribution >= 0.6 is 0 Å². The van der Waals surface area contributed by atoms with Gasteiger partial charge in [-0.1, -0.05) is 18.2 Å². The van der Waals surface area contributed by atoms with Gasteiger partial charge in [-0.05, 0) is 37.3 Å². The maximum atomic E-state index is 10.9. The van der Waals surface area contributed by atoms with Crippen LogP contribution in [0.5, 0.6) is 0 Å². The molecule has 24 heavy (non-hydrogen) atoms. The van der Waals surface area contributed by atoms with Gasteiger partial charge in [0.25, 0.3) is 0 Å². The zero-order valence-corrected chi connectivity index (χ0v) is 13.8. The molecule has 0 atom stereocenters.